The third-order valence-electron chi connectivity index (χ3n) is 4.44. The summed E-state index contributed by atoms with van der Waals surface area (Å²) >= 11 is 0. The number of nitrogens with one attached hydrogen (secondary N) is 1. The molecule has 1 aliphatic rings. The summed E-state index contributed by atoms with van der Waals surface area (Å²) < 4.78 is 77.8. The number of anilines is 1. The molecule has 1 aromatic heterocycles. The highest BCUT2D eigenvalue weighted by molar-refractivity contribution is 5.90. The Balaban J connectivity index is 1.87. The topological polar surface area (TPSA) is 45.2 Å². The first kappa shape index (κ1) is 20.0. The number of carbonyl (C=O) groups excluding carboxylic acids is 1. The standard InChI is InChI=1S/C18H15F6N3O/c19-17(20,21)12-8-13(18(22,23)24)10-14(9-12)26-16(28)27-7-1-2-15(27)11-3-5-25-6-4-11/h3-6,8-10,15H,1-2,7H2,(H,26,28)/t15-/m0/s1. The van der Waals surface area contributed by atoms with Crippen LogP contribution >= 0.6 is 0 Å². The highest BCUT2D eigenvalue weighted by Crippen LogP contribution is 2.38. The van der Waals surface area contributed by atoms with E-state index in [2.05, 4.69) is 10.3 Å². The van der Waals surface area contributed by atoms with Crippen LogP contribution in [0, 0.1) is 0 Å². The summed E-state index contributed by atoms with van der Waals surface area (Å²) in [4.78, 5) is 17.8. The maximum atomic E-state index is 13.0. The van der Waals surface area contributed by atoms with Gasteiger partial charge in [-0.3, -0.25) is 4.98 Å². The quantitative estimate of drug-likeness (QED) is 0.674. The molecule has 2 aromatic rings. The molecule has 3 rings (SSSR count). The van der Waals surface area contributed by atoms with Gasteiger partial charge >= 0.3 is 18.4 Å². The van der Waals surface area contributed by atoms with Crippen molar-refractivity contribution in [3.8, 4) is 0 Å². The van der Waals surface area contributed by atoms with Crippen molar-refractivity contribution in [2.45, 2.75) is 31.2 Å². The summed E-state index contributed by atoms with van der Waals surface area (Å²) in [6.07, 6.45) is -5.56. The lowest BCUT2D eigenvalue weighted by molar-refractivity contribution is -0.143. The Hall–Kier alpha value is -2.78. The number of rotatable bonds is 2. The van der Waals surface area contributed by atoms with Crippen LogP contribution in [-0.2, 0) is 12.4 Å². The van der Waals surface area contributed by atoms with Crippen LogP contribution in [0.25, 0.3) is 0 Å². The molecule has 2 amide bonds. The number of nitrogens with zero attached hydrogens (tertiary/aromatic N) is 2. The molecule has 1 atom stereocenters. The van der Waals surface area contributed by atoms with Crippen molar-refractivity contribution < 1.29 is 31.1 Å². The first-order valence-corrected chi connectivity index (χ1v) is 8.33. The second-order valence-corrected chi connectivity index (χ2v) is 6.36. The number of hydrogen-bond donors (Lipinski definition) is 1. The van der Waals surface area contributed by atoms with Gasteiger partial charge in [0.15, 0.2) is 0 Å². The van der Waals surface area contributed by atoms with Gasteiger partial charge in [0.2, 0.25) is 0 Å². The van der Waals surface area contributed by atoms with Crippen LogP contribution < -0.4 is 5.32 Å². The van der Waals surface area contributed by atoms with Gasteiger partial charge in [-0.2, -0.15) is 26.3 Å². The van der Waals surface area contributed by atoms with Gasteiger partial charge < -0.3 is 10.2 Å². The van der Waals surface area contributed by atoms with E-state index in [-0.39, 0.29) is 12.1 Å². The largest absolute Gasteiger partial charge is 0.416 e. The molecule has 0 bridgehead atoms. The van der Waals surface area contributed by atoms with E-state index in [1.165, 1.54) is 4.90 Å². The van der Waals surface area contributed by atoms with E-state index in [0.29, 0.717) is 31.5 Å². The van der Waals surface area contributed by atoms with Gasteiger partial charge in [0, 0.05) is 24.6 Å². The Morgan fingerprint density at radius 1 is 1.00 bits per heavy atom. The normalized spacial score (nSPS) is 17.6. The SMILES string of the molecule is O=C(Nc1cc(C(F)(F)F)cc(C(F)(F)F)c1)N1CCC[C@H]1c1ccncc1. The third-order valence-corrected chi connectivity index (χ3v) is 4.44. The summed E-state index contributed by atoms with van der Waals surface area (Å²) in [7, 11) is 0. The van der Waals surface area contributed by atoms with Gasteiger partial charge in [-0.15, -0.1) is 0 Å². The summed E-state index contributed by atoms with van der Waals surface area (Å²) in [5.41, 5.74) is -2.73. The first-order valence-electron chi connectivity index (χ1n) is 8.33. The lowest BCUT2D eigenvalue weighted by Gasteiger charge is -2.25. The molecule has 1 aromatic carbocycles. The predicted molar refractivity (Wildman–Crippen MR) is 88.4 cm³/mol. The number of benzene rings is 1. The number of pyridine rings is 1. The molecule has 1 aliphatic heterocycles. The van der Waals surface area contributed by atoms with Crippen molar-refractivity contribution in [3.05, 3.63) is 59.4 Å². The fourth-order valence-corrected chi connectivity index (χ4v) is 3.16. The zero-order valence-electron chi connectivity index (χ0n) is 14.3. The average Bonchev–Trinajstić information content (AvgIpc) is 3.10. The Morgan fingerprint density at radius 2 is 1.57 bits per heavy atom. The van der Waals surface area contributed by atoms with Gasteiger partial charge in [-0.1, -0.05) is 0 Å². The molecule has 0 spiro atoms. The number of likely N-dealkylation sites (tertiary alicyclic amines) is 1. The Bertz CT molecular complexity index is 818. The first-order chi connectivity index (χ1) is 13.1. The highest BCUT2D eigenvalue weighted by atomic mass is 19.4. The Kier molecular flexibility index (Phi) is 5.22. The number of aromatic nitrogens is 1. The van der Waals surface area contributed by atoms with E-state index in [0.717, 1.165) is 5.56 Å². The molecule has 1 N–H and O–H groups in total. The molecule has 10 heteroatoms. The molecule has 1 fully saturated rings. The fourth-order valence-electron chi connectivity index (χ4n) is 3.16. The zero-order chi connectivity index (χ0) is 20.5. The molecule has 0 aliphatic carbocycles. The maximum Gasteiger partial charge on any atom is 0.416 e. The third kappa shape index (κ3) is 4.37. The summed E-state index contributed by atoms with van der Waals surface area (Å²) in [6.45, 7) is 0.337. The van der Waals surface area contributed by atoms with Crippen LogP contribution in [0.15, 0.2) is 42.7 Å². The number of urea groups is 1. The maximum absolute atomic E-state index is 13.0. The Morgan fingerprint density at radius 3 is 2.11 bits per heavy atom. The van der Waals surface area contributed by atoms with Crippen LogP contribution in [0.3, 0.4) is 0 Å². The molecule has 0 saturated carbocycles. The molecule has 150 valence electrons. The lowest BCUT2D eigenvalue weighted by Crippen LogP contribution is -2.34. The minimum atomic E-state index is -4.98. The van der Waals surface area contributed by atoms with Crippen LogP contribution in [0.4, 0.5) is 36.8 Å². The number of amides is 2. The minimum Gasteiger partial charge on any atom is -0.317 e. The van der Waals surface area contributed by atoms with Crippen molar-refractivity contribution >= 4 is 11.7 Å². The number of alkyl halides is 6. The molecule has 1 saturated heterocycles. The molecule has 0 unspecified atom stereocenters. The molecule has 0 radical (unpaired) electrons. The van der Waals surface area contributed by atoms with Gasteiger partial charge in [0.05, 0.1) is 17.2 Å². The van der Waals surface area contributed by atoms with Crippen molar-refractivity contribution in [2.75, 3.05) is 11.9 Å². The van der Waals surface area contributed by atoms with Crippen molar-refractivity contribution in [1.29, 1.82) is 0 Å². The monoisotopic (exact) mass is 403 g/mol. The second-order valence-electron chi connectivity index (χ2n) is 6.36. The van der Waals surface area contributed by atoms with Gasteiger partial charge in [0.25, 0.3) is 0 Å². The minimum absolute atomic E-state index is 0.0191. The highest BCUT2D eigenvalue weighted by Gasteiger charge is 2.37. The molecular formula is C18H15F6N3O. The van der Waals surface area contributed by atoms with E-state index in [1.54, 1.807) is 24.5 Å². The smallest absolute Gasteiger partial charge is 0.317 e. The number of halogens is 6. The fraction of sp³-hybridized carbons (Fsp3) is 0.333. The lowest BCUT2D eigenvalue weighted by atomic mass is 10.1. The van der Waals surface area contributed by atoms with E-state index >= 15 is 0 Å². The van der Waals surface area contributed by atoms with Crippen molar-refractivity contribution in [3.63, 3.8) is 0 Å². The summed E-state index contributed by atoms with van der Waals surface area (Å²) in [5.74, 6) is 0. The van der Waals surface area contributed by atoms with Crippen LogP contribution in [0.5, 0.6) is 0 Å². The van der Waals surface area contributed by atoms with Crippen LogP contribution in [-0.4, -0.2) is 22.5 Å². The van der Waals surface area contributed by atoms with Crippen LogP contribution in [0.1, 0.15) is 35.6 Å². The van der Waals surface area contributed by atoms with E-state index < -0.39 is 35.2 Å². The summed E-state index contributed by atoms with van der Waals surface area (Å²) in [5, 5.41) is 2.18. The van der Waals surface area contributed by atoms with Crippen molar-refractivity contribution in [2.24, 2.45) is 0 Å². The van der Waals surface area contributed by atoms with Crippen molar-refractivity contribution in [1.82, 2.24) is 9.88 Å². The molecular weight excluding hydrogens is 388 g/mol. The summed E-state index contributed by atoms with van der Waals surface area (Å²) in [6, 6.07) is 3.34. The number of carbonyl (C=O) groups is 1. The Labute approximate surface area is 156 Å². The molecule has 4 nitrogen and oxygen atoms in total. The molecule has 28 heavy (non-hydrogen) atoms. The van der Waals surface area contributed by atoms with E-state index in [9.17, 15) is 31.1 Å². The van der Waals surface area contributed by atoms with Crippen LogP contribution in [0.2, 0.25) is 0 Å². The van der Waals surface area contributed by atoms with E-state index in [4.69, 9.17) is 0 Å². The average molecular weight is 403 g/mol. The van der Waals surface area contributed by atoms with Gasteiger partial charge in [-0.05, 0) is 48.7 Å². The van der Waals surface area contributed by atoms with Gasteiger partial charge in [0.1, 0.15) is 0 Å². The predicted octanol–water partition coefficient (Wildman–Crippen LogP) is 5.49. The molecule has 2 heterocycles. The number of hydrogen-bond acceptors (Lipinski definition) is 2. The second kappa shape index (κ2) is 7.33. The van der Waals surface area contributed by atoms with Gasteiger partial charge in [-0.25, -0.2) is 4.79 Å². The van der Waals surface area contributed by atoms with E-state index in [1.807, 2.05) is 0 Å². The zero-order valence-corrected chi connectivity index (χ0v) is 14.3.